The number of rotatable bonds is 13. The normalized spacial score (nSPS) is 16.6. The number of aliphatic hydroxyl groups is 1. The van der Waals surface area contributed by atoms with Crippen LogP contribution >= 0.6 is 0 Å². The molecule has 3 aromatic heterocycles. The van der Waals surface area contributed by atoms with Gasteiger partial charge in [-0.05, 0) is 67.6 Å². The Morgan fingerprint density at radius 1 is 1.00 bits per heavy atom. The minimum Gasteiger partial charge on any atom is -0.387 e. The van der Waals surface area contributed by atoms with Gasteiger partial charge in [-0.25, -0.2) is 19.3 Å². The summed E-state index contributed by atoms with van der Waals surface area (Å²) < 4.78 is 3.16. The standard InChI is InChI=1S/C41H42N10O6.C2H6/c1-3-17-49-38(55)30-22-42-41(46-37(30)51(49)33-15-11-27-10-14-32(53)36(27)45-33)44-28-12-8-26(9-13-28)23-47-18-20-48(21-19-47)31-6-4-5-29-35(31)40(57)50(39(29)56)25(2)7-16-34(54)43-24-52;1-2/h3-6,8-9,11-13,15,22,24-25,32,53H,1,7,10,14,16-21,23H2,2H3,(H,42,44,46)(H,43,52,54);1-2H3. The van der Waals surface area contributed by atoms with Crippen molar-refractivity contribution in [3.63, 3.8) is 0 Å². The summed E-state index contributed by atoms with van der Waals surface area (Å²) in [5.41, 5.74) is 5.09. The lowest BCUT2D eigenvalue weighted by Gasteiger charge is -2.36. The first kappa shape index (κ1) is 40.7. The Kier molecular flexibility index (Phi) is 12.1. The fraction of sp³-hybridized carbons (Fsp3) is 0.349. The number of carbonyl (C=O) groups excluding carboxylic acids is 4. The van der Waals surface area contributed by atoms with Crippen LogP contribution in [0.3, 0.4) is 0 Å². The molecule has 0 bridgehead atoms. The number of nitrogens with zero attached hydrogens (tertiary/aromatic N) is 8. The lowest BCUT2D eigenvalue weighted by atomic mass is 10.1. The monoisotopic (exact) mass is 800 g/mol. The largest absolute Gasteiger partial charge is 0.387 e. The van der Waals surface area contributed by atoms with Crippen molar-refractivity contribution < 1.29 is 24.3 Å². The van der Waals surface area contributed by atoms with E-state index in [2.05, 4.69) is 32.0 Å². The SMILES string of the molecule is C=CCn1c(=O)c2cnc(Nc3ccc(CN4CCN(c5cccc6c5C(=O)N(C(C)CCC(=O)NC=O)C6=O)CC4)cc3)nc2n1-c1ccc2c(n1)C(O)CC2.CC. The van der Waals surface area contributed by atoms with Crippen molar-refractivity contribution in [2.24, 2.45) is 0 Å². The molecule has 5 heterocycles. The van der Waals surface area contributed by atoms with E-state index in [0.717, 1.165) is 48.6 Å². The van der Waals surface area contributed by atoms with Crippen LogP contribution in [0, 0.1) is 0 Å². The third-order valence-electron chi connectivity index (χ3n) is 10.9. The van der Waals surface area contributed by atoms with Gasteiger partial charge in [-0.3, -0.25) is 39.1 Å². The van der Waals surface area contributed by atoms with E-state index >= 15 is 0 Å². The Morgan fingerprint density at radius 3 is 2.49 bits per heavy atom. The van der Waals surface area contributed by atoms with Gasteiger partial charge < -0.3 is 15.3 Å². The fourth-order valence-electron chi connectivity index (χ4n) is 7.93. The van der Waals surface area contributed by atoms with Crippen molar-refractivity contribution in [2.75, 3.05) is 36.4 Å². The minimum absolute atomic E-state index is 0.0179. The highest BCUT2D eigenvalue weighted by atomic mass is 16.3. The van der Waals surface area contributed by atoms with E-state index in [1.54, 1.807) is 29.8 Å². The molecule has 2 aromatic carbocycles. The number of fused-ring (bicyclic) bond motifs is 3. The summed E-state index contributed by atoms with van der Waals surface area (Å²) in [4.78, 5) is 82.3. The second kappa shape index (κ2) is 17.5. The van der Waals surface area contributed by atoms with E-state index in [9.17, 15) is 29.1 Å². The minimum atomic E-state index is -0.649. The Morgan fingerprint density at radius 2 is 1.76 bits per heavy atom. The number of aromatic nitrogens is 5. The van der Waals surface area contributed by atoms with E-state index in [1.807, 2.05) is 56.3 Å². The molecule has 16 nitrogen and oxygen atoms in total. The molecule has 2 aliphatic heterocycles. The number of hydrogen-bond acceptors (Lipinski definition) is 12. The molecule has 16 heteroatoms. The first-order valence-electron chi connectivity index (χ1n) is 20.0. The van der Waals surface area contributed by atoms with Gasteiger partial charge in [0.1, 0.15) is 5.39 Å². The topological polar surface area (TPSA) is 188 Å². The number of imide groups is 2. The van der Waals surface area contributed by atoms with E-state index in [0.29, 0.717) is 65.5 Å². The molecule has 1 fully saturated rings. The molecular formula is C43H48N10O6. The molecule has 3 aliphatic rings. The van der Waals surface area contributed by atoms with Crippen molar-refractivity contribution in [1.82, 2.24) is 39.4 Å². The van der Waals surface area contributed by atoms with Crippen LogP contribution in [0.5, 0.6) is 0 Å². The Labute approximate surface area is 341 Å². The highest BCUT2D eigenvalue weighted by molar-refractivity contribution is 6.24. The van der Waals surface area contributed by atoms with Crippen LogP contribution in [0.1, 0.15) is 83.7 Å². The van der Waals surface area contributed by atoms with E-state index in [1.165, 1.54) is 15.8 Å². The summed E-state index contributed by atoms with van der Waals surface area (Å²) in [6.07, 6.45) is 4.44. The lowest BCUT2D eigenvalue weighted by molar-refractivity contribution is -0.125. The molecule has 1 aliphatic carbocycles. The van der Waals surface area contributed by atoms with E-state index in [4.69, 9.17) is 9.97 Å². The molecule has 306 valence electrons. The van der Waals surface area contributed by atoms with Crippen LogP contribution < -0.4 is 21.1 Å². The van der Waals surface area contributed by atoms with Crippen LogP contribution in [0.2, 0.25) is 0 Å². The Balaban J connectivity index is 0.00000260. The second-order valence-electron chi connectivity index (χ2n) is 14.5. The summed E-state index contributed by atoms with van der Waals surface area (Å²) in [5.74, 6) is -0.416. The average molecular weight is 801 g/mol. The molecule has 5 aromatic rings. The Hall–Kier alpha value is -6.52. The number of allylic oxidation sites excluding steroid dienone is 1. The fourth-order valence-corrected chi connectivity index (χ4v) is 7.93. The number of piperazine rings is 1. The number of aliphatic hydroxyl groups excluding tert-OH is 1. The molecule has 0 radical (unpaired) electrons. The van der Waals surface area contributed by atoms with Crippen LogP contribution in [0.4, 0.5) is 17.3 Å². The number of aryl methyl sites for hydroxylation is 1. The van der Waals surface area contributed by atoms with Crippen LogP contribution in [0.15, 0.2) is 78.2 Å². The van der Waals surface area contributed by atoms with Crippen molar-refractivity contribution in [2.45, 2.75) is 71.7 Å². The third-order valence-corrected chi connectivity index (χ3v) is 10.9. The summed E-state index contributed by atoms with van der Waals surface area (Å²) in [6, 6.07) is 16.6. The smallest absolute Gasteiger partial charge is 0.278 e. The number of hydrogen-bond donors (Lipinski definition) is 3. The van der Waals surface area contributed by atoms with Gasteiger partial charge >= 0.3 is 0 Å². The maximum Gasteiger partial charge on any atom is 0.278 e. The number of carbonyl (C=O) groups is 4. The first-order valence-corrected chi connectivity index (χ1v) is 20.0. The summed E-state index contributed by atoms with van der Waals surface area (Å²) in [5, 5.41) is 16.2. The third kappa shape index (κ3) is 8.00. The summed E-state index contributed by atoms with van der Waals surface area (Å²) in [7, 11) is 0. The molecule has 0 spiro atoms. The zero-order chi connectivity index (χ0) is 41.8. The predicted octanol–water partition coefficient (Wildman–Crippen LogP) is 4.27. The van der Waals surface area contributed by atoms with Crippen molar-refractivity contribution in [1.29, 1.82) is 0 Å². The number of pyridine rings is 1. The molecule has 2 unspecified atom stereocenters. The second-order valence-corrected chi connectivity index (χ2v) is 14.5. The molecule has 8 rings (SSSR count). The van der Waals surface area contributed by atoms with Gasteiger partial charge in [-0.15, -0.1) is 6.58 Å². The highest BCUT2D eigenvalue weighted by Crippen LogP contribution is 2.35. The van der Waals surface area contributed by atoms with Crippen molar-refractivity contribution in [3.05, 3.63) is 112 Å². The van der Waals surface area contributed by atoms with Crippen LogP contribution in [-0.2, 0) is 29.1 Å². The van der Waals surface area contributed by atoms with Gasteiger partial charge in [0.25, 0.3) is 17.4 Å². The van der Waals surface area contributed by atoms with Gasteiger partial charge in [0.15, 0.2) is 11.5 Å². The van der Waals surface area contributed by atoms with Crippen LogP contribution in [0.25, 0.3) is 16.9 Å². The number of amides is 4. The summed E-state index contributed by atoms with van der Waals surface area (Å²) >= 11 is 0. The summed E-state index contributed by atoms with van der Waals surface area (Å²) in [6.45, 7) is 13.3. The molecule has 3 N–H and O–H groups in total. The van der Waals surface area contributed by atoms with E-state index < -0.39 is 18.1 Å². The number of anilines is 3. The molecule has 0 saturated carbocycles. The van der Waals surface area contributed by atoms with Crippen LogP contribution in [-0.4, -0.2) is 95.6 Å². The molecular weight excluding hydrogens is 753 g/mol. The molecule has 2 atom stereocenters. The van der Waals surface area contributed by atoms with Gasteiger partial charge in [-0.1, -0.05) is 44.2 Å². The molecule has 59 heavy (non-hydrogen) atoms. The van der Waals surface area contributed by atoms with E-state index in [-0.39, 0.29) is 36.8 Å². The van der Waals surface area contributed by atoms with Crippen molar-refractivity contribution >= 4 is 52.5 Å². The average Bonchev–Trinajstić information content (AvgIpc) is 3.85. The maximum absolute atomic E-state index is 13.6. The van der Waals surface area contributed by atoms with Crippen molar-refractivity contribution in [3.8, 4) is 5.82 Å². The first-order chi connectivity index (χ1) is 28.6. The van der Waals surface area contributed by atoms with Gasteiger partial charge in [-0.2, -0.15) is 4.98 Å². The Bertz CT molecular complexity index is 2470. The zero-order valence-corrected chi connectivity index (χ0v) is 33.4. The molecule has 1 saturated heterocycles. The predicted molar refractivity (Wildman–Crippen MR) is 223 cm³/mol. The number of benzene rings is 2. The van der Waals surface area contributed by atoms with Gasteiger partial charge in [0, 0.05) is 57.1 Å². The lowest BCUT2D eigenvalue weighted by Crippen LogP contribution is -2.46. The number of nitrogens with one attached hydrogen (secondary N) is 2. The molecule has 4 amide bonds. The highest BCUT2D eigenvalue weighted by Gasteiger charge is 2.41. The quantitative estimate of drug-likeness (QED) is 0.0874. The van der Waals surface area contributed by atoms with Gasteiger partial charge in [0.05, 0.1) is 35.2 Å². The zero-order valence-electron chi connectivity index (χ0n) is 33.4. The maximum atomic E-state index is 13.6. The van der Waals surface area contributed by atoms with Gasteiger partial charge in [0.2, 0.25) is 18.3 Å².